The van der Waals surface area contributed by atoms with Crippen molar-refractivity contribution in [1.29, 1.82) is 0 Å². The van der Waals surface area contributed by atoms with Gasteiger partial charge in [0.05, 0.1) is 13.2 Å². The third kappa shape index (κ3) is 5.63. The summed E-state index contributed by atoms with van der Waals surface area (Å²) in [4.78, 5) is 3.38. The van der Waals surface area contributed by atoms with Crippen molar-refractivity contribution in [1.82, 2.24) is 4.98 Å². The SMILES string of the molecule is CC.CC1(C)CCC(C2CCC3(CC2)OCCO3)CC1.c1ccc2c(c1)[nH]c1ccccc12. The fourth-order valence-electron chi connectivity index (χ4n) is 6.03. The molecule has 2 aliphatic carbocycles. The van der Waals surface area contributed by atoms with Gasteiger partial charge in [-0.2, -0.15) is 0 Å². The Bertz CT molecular complexity index is 944. The first kappa shape index (κ1) is 24.3. The summed E-state index contributed by atoms with van der Waals surface area (Å²) in [5.74, 6) is 1.76. The average molecular weight is 450 g/mol. The summed E-state index contributed by atoms with van der Waals surface area (Å²) >= 11 is 0. The number of H-pyrrole nitrogens is 1. The van der Waals surface area contributed by atoms with Crippen LogP contribution in [0, 0.1) is 17.3 Å². The molecule has 3 aromatic rings. The van der Waals surface area contributed by atoms with E-state index in [0.717, 1.165) is 37.9 Å². The Hall–Kier alpha value is -1.84. The van der Waals surface area contributed by atoms with E-state index in [1.807, 2.05) is 13.8 Å². The first-order valence-corrected chi connectivity index (χ1v) is 13.3. The van der Waals surface area contributed by atoms with Crippen LogP contribution in [0.1, 0.15) is 79.1 Å². The zero-order chi connectivity index (χ0) is 23.3. The number of aromatic nitrogens is 1. The van der Waals surface area contributed by atoms with Crippen LogP contribution in [0.25, 0.3) is 21.8 Å². The molecule has 2 aromatic carbocycles. The lowest BCUT2D eigenvalue weighted by atomic mass is 9.66. The minimum Gasteiger partial charge on any atom is -0.355 e. The summed E-state index contributed by atoms with van der Waals surface area (Å²) in [6.07, 6.45) is 10.7. The number of hydrogen-bond acceptors (Lipinski definition) is 2. The largest absolute Gasteiger partial charge is 0.355 e. The van der Waals surface area contributed by atoms with E-state index in [0.29, 0.717) is 5.41 Å². The maximum atomic E-state index is 5.83. The molecule has 1 aromatic heterocycles. The van der Waals surface area contributed by atoms with E-state index in [1.165, 1.54) is 60.3 Å². The van der Waals surface area contributed by atoms with E-state index >= 15 is 0 Å². The minimum atomic E-state index is -0.162. The third-order valence-corrected chi connectivity index (χ3v) is 8.07. The van der Waals surface area contributed by atoms with Gasteiger partial charge in [0.15, 0.2) is 5.79 Å². The number of aromatic amines is 1. The lowest BCUT2D eigenvalue weighted by Crippen LogP contribution is -2.38. The molecule has 3 heteroatoms. The molecule has 3 nitrogen and oxygen atoms in total. The van der Waals surface area contributed by atoms with Gasteiger partial charge in [0.2, 0.25) is 0 Å². The fourth-order valence-corrected chi connectivity index (χ4v) is 6.03. The Kier molecular flexibility index (Phi) is 7.81. The van der Waals surface area contributed by atoms with E-state index in [2.05, 4.69) is 67.4 Å². The summed E-state index contributed by atoms with van der Waals surface area (Å²) in [6.45, 7) is 10.5. The van der Waals surface area contributed by atoms with E-state index in [1.54, 1.807) is 0 Å². The highest BCUT2D eigenvalue weighted by molar-refractivity contribution is 6.06. The predicted molar refractivity (Wildman–Crippen MR) is 139 cm³/mol. The maximum absolute atomic E-state index is 5.83. The van der Waals surface area contributed by atoms with Crippen molar-refractivity contribution < 1.29 is 9.47 Å². The van der Waals surface area contributed by atoms with Crippen molar-refractivity contribution in [3.05, 3.63) is 48.5 Å². The first-order chi connectivity index (χ1) is 16.0. The normalized spacial score (nSPS) is 24.2. The van der Waals surface area contributed by atoms with Crippen LogP contribution in [0.4, 0.5) is 0 Å². The Labute approximate surface area is 200 Å². The van der Waals surface area contributed by atoms with Crippen molar-refractivity contribution in [2.45, 2.75) is 84.8 Å². The van der Waals surface area contributed by atoms with Gasteiger partial charge in [0.1, 0.15) is 0 Å². The monoisotopic (exact) mass is 449 g/mol. The zero-order valence-corrected chi connectivity index (χ0v) is 21.2. The van der Waals surface area contributed by atoms with Crippen LogP contribution >= 0.6 is 0 Å². The lowest BCUT2D eigenvalue weighted by molar-refractivity contribution is -0.185. The zero-order valence-electron chi connectivity index (χ0n) is 21.2. The molecular formula is C30H43NO2. The number of fused-ring (bicyclic) bond motifs is 3. The molecule has 180 valence electrons. The van der Waals surface area contributed by atoms with Gasteiger partial charge in [-0.3, -0.25) is 0 Å². The molecule has 0 bridgehead atoms. The van der Waals surface area contributed by atoms with Crippen molar-refractivity contribution in [3.8, 4) is 0 Å². The Morgan fingerprint density at radius 2 is 1.09 bits per heavy atom. The number of para-hydroxylation sites is 2. The van der Waals surface area contributed by atoms with Crippen LogP contribution < -0.4 is 0 Å². The van der Waals surface area contributed by atoms with Gasteiger partial charge < -0.3 is 14.5 Å². The van der Waals surface area contributed by atoms with Crippen LogP contribution in [0.5, 0.6) is 0 Å². The van der Waals surface area contributed by atoms with Gasteiger partial charge in [-0.1, -0.05) is 64.1 Å². The number of nitrogens with one attached hydrogen (secondary N) is 1. The van der Waals surface area contributed by atoms with E-state index in [9.17, 15) is 0 Å². The average Bonchev–Trinajstić information content (AvgIpc) is 3.46. The molecule has 33 heavy (non-hydrogen) atoms. The summed E-state index contributed by atoms with van der Waals surface area (Å²) in [5.41, 5.74) is 3.02. The molecule has 0 unspecified atom stereocenters. The fraction of sp³-hybridized carbons (Fsp3) is 0.600. The number of hydrogen-bond donors (Lipinski definition) is 1. The highest BCUT2D eigenvalue weighted by Gasteiger charge is 2.42. The molecule has 6 rings (SSSR count). The topological polar surface area (TPSA) is 34.2 Å². The van der Waals surface area contributed by atoms with Gasteiger partial charge in [-0.25, -0.2) is 0 Å². The van der Waals surface area contributed by atoms with Crippen LogP contribution in [0.2, 0.25) is 0 Å². The summed E-state index contributed by atoms with van der Waals surface area (Å²) in [5, 5.41) is 2.61. The van der Waals surface area contributed by atoms with Crippen molar-refractivity contribution in [2.75, 3.05) is 13.2 Å². The smallest absolute Gasteiger partial charge is 0.168 e. The molecular weight excluding hydrogens is 406 g/mol. The molecule has 3 fully saturated rings. The number of benzene rings is 2. The quantitative estimate of drug-likeness (QED) is 0.404. The third-order valence-electron chi connectivity index (χ3n) is 8.07. The molecule has 2 saturated carbocycles. The Morgan fingerprint density at radius 3 is 1.58 bits per heavy atom. The minimum absolute atomic E-state index is 0.162. The molecule has 3 aliphatic rings. The second-order valence-corrected chi connectivity index (χ2v) is 10.7. The maximum Gasteiger partial charge on any atom is 0.168 e. The van der Waals surface area contributed by atoms with Gasteiger partial charge in [0, 0.05) is 34.6 Å². The van der Waals surface area contributed by atoms with Crippen molar-refractivity contribution in [2.24, 2.45) is 17.3 Å². The molecule has 1 saturated heterocycles. The molecule has 1 spiro atoms. The van der Waals surface area contributed by atoms with Crippen molar-refractivity contribution in [3.63, 3.8) is 0 Å². The molecule has 0 atom stereocenters. The first-order valence-electron chi connectivity index (χ1n) is 13.3. The summed E-state index contributed by atoms with van der Waals surface area (Å²) in [7, 11) is 0. The van der Waals surface area contributed by atoms with E-state index < -0.39 is 0 Å². The van der Waals surface area contributed by atoms with Crippen LogP contribution in [-0.2, 0) is 9.47 Å². The number of rotatable bonds is 1. The van der Waals surface area contributed by atoms with Crippen LogP contribution in [-0.4, -0.2) is 24.0 Å². The standard InChI is InChI=1S/C16H28O2.C12H9N.C2H6/c1-15(2)7-3-13(4-8-15)14-5-9-16(10-6-14)17-11-12-18-16;1-3-7-11-9(5-1)10-6-2-4-8-12(10)13-11;1-2/h13-14H,3-12H2,1-2H3;1-8,13H;1-2H3. The number of ether oxygens (including phenoxy) is 2. The highest BCUT2D eigenvalue weighted by atomic mass is 16.7. The molecule has 0 radical (unpaired) electrons. The molecule has 2 heterocycles. The Morgan fingerprint density at radius 1 is 0.667 bits per heavy atom. The van der Waals surface area contributed by atoms with Crippen LogP contribution in [0.3, 0.4) is 0 Å². The molecule has 1 aliphatic heterocycles. The van der Waals surface area contributed by atoms with Gasteiger partial charge in [-0.05, 0) is 67.9 Å². The van der Waals surface area contributed by atoms with Gasteiger partial charge in [-0.15, -0.1) is 0 Å². The van der Waals surface area contributed by atoms with Crippen molar-refractivity contribution >= 4 is 21.8 Å². The Balaban J connectivity index is 0.000000152. The predicted octanol–water partition coefficient (Wildman–Crippen LogP) is 8.48. The highest BCUT2D eigenvalue weighted by Crippen LogP contribution is 2.47. The second kappa shape index (κ2) is 10.6. The van der Waals surface area contributed by atoms with E-state index in [-0.39, 0.29) is 5.79 Å². The summed E-state index contributed by atoms with van der Waals surface area (Å²) in [6, 6.07) is 16.8. The molecule has 1 N–H and O–H groups in total. The summed E-state index contributed by atoms with van der Waals surface area (Å²) < 4.78 is 11.7. The van der Waals surface area contributed by atoms with Gasteiger partial charge in [0.25, 0.3) is 0 Å². The van der Waals surface area contributed by atoms with Gasteiger partial charge >= 0.3 is 0 Å². The van der Waals surface area contributed by atoms with E-state index in [4.69, 9.17) is 9.47 Å². The van der Waals surface area contributed by atoms with Crippen LogP contribution in [0.15, 0.2) is 48.5 Å². The molecule has 0 amide bonds. The second-order valence-electron chi connectivity index (χ2n) is 10.7. The lowest BCUT2D eigenvalue weighted by Gasteiger charge is -2.42.